The SMILES string of the molecule is CCCCCCCCCCCCCC(=O)On1cc(O)c2ccccc21. The van der Waals surface area contributed by atoms with Crippen LogP contribution in [0.5, 0.6) is 5.75 Å². The van der Waals surface area contributed by atoms with Crippen LogP contribution in [0.1, 0.15) is 84.0 Å². The molecule has 0 saturated carbocycles. The fraction of sp³-hybridized carbons (Fsp3) is 0.591. The summed E-state index contributed by atoms with van der Waals surface area (Å²) in [4.78, 5) is 17.4. The molecule has 0 saturated heterocycles. The Hall–Kier alpha value is -1.97. The highest BCUT2D eigenvalue weighted by Gasteiger charge is 2.11. The summed E-state index contributed by atoms with van der Waals surface area (Å²) >= 11 is 0. The lowest BCUT2D eigenvalue weighted by atomic mass is 10.1. The van der Waals surface area contributed by atoms with Crippen molar-refractivity contribution >= 4 is 16.9 Å². The smallest absolute Gasteiger partial charge is 0.332 e. The lowest BCUT2D eigenvalue weighted by Crippen LogP contribution is -2.18. The monoisotopic (exact) mass is 359 g/mol. The third kappa shape index (κ3) is 6.74. The van der Waals surface area contributed by atoms with Gasteiger partial charge in [-0.2, -0.15) is 4.73 Å². The van der Waals surface area contributed by atoms with Gasteiger partial charge in [0.25, 0.3) is 0 Å². The molecule has 1 N–H and O–H groups in total. The first-order valence-electron chi connectivity index (χ1n) is 10.2. The molecule has 1 aromatic heterocycles. The molecule has 0 fully saturated rings. The Kier molecular flexibility index (Phi) is 9.08. The van der Waals surface area contributed by atoms with E-state index in [1.807, 2.05) is 18.2 Å². The van der Waals surface area contributed by atoms with Gasteiger partial charge in [-0.1, -0.05) is 83.3 Å². The first kappa shape index (κ1) is 20.3. The van der Waals surface area contributed by atoms with Crippen molar-refractivity contribution < 1.29 is 14.7 Å². The Labute approximate surface area is 157 Å². The van der Waals surface area contributed by atoms with E-state index in [1.165, 1.54) is 68.7 Å². The average Bonchev–Trinajstić information content (AvgIpc) is 2.96. The van der Waals surface area contributed by atoms with Crippen molar-refractivity contribution in [1.29, 1.82) is 0 Å². The molecule has 1 heterocycles. The third-order valence-corrected chi connectivity index (χ3v) is 4.84. The number of unbranched alkanes of at least 4 members (excludes halogenated alkanes) is 10. The summed E-state index contributed by atoms with van der Waals surface area (Å²) in [6.45, 7) is 2.25. The zero-order chi connectivity index (χ0) is 18.6. The summed E-state index contributed by atoms with van der Waals surface area (Å²) in [7, 11) is 0. The van der Waals surface area contributed by atoms with E-state index in [-0.39, 0.29) is 11.7 Å². The van der Waals surface area contributed by atoms with Crippen molar-refractivity contribution in [2.75, 3.05) is 0 Å². The van der Waals surface area contributed by atoms with Crippen molar-refractivity contribution in [3.8, 4) is 5.75 Å². The number of hydrogen-bond donors (Lipinski definition) is 1. The minimum absolute atomic E-state index is 0.128. The average molecular weight is 360 g/mol. The number of hydrogen-bond acceptors (Lipinski definition) is 3. The van der Waals surface area contributed by atoms with Crippen LogP contribution < -0.4 is 4.84 Å². The van der Waals surface area contributed by atoms with Crippen LogP contribution in [-0.4, -0.2) is 15.8 Å². The minimum Gasteiger partial charge on any atom is -0.506 e. The summed E-state index contributed by atoms with van der Waals surface area (Å²) in [6, 6.07) is 7.33. The summed E-state index contributed by atoms with van der Waals surface area (Å²) in [5.74, 6) is -0.121. The minimum atomic E-state index is -0.248. The van der Waals surface area contributed by atoms with Crippen LogP contribution in [-0.2, 0) is 4.79 Å². The quantitative estimate of drug-likeness (QED) is 0.446. The van der Waals surface area contributed by atoms with E-state index in [2.05, 4.69) is 6.92 Å². The van der Waals surface area contributed by atoms with E-state index in [9.17, 15) is 9.90 Å². The van der Waals surface area contributed by atoms with Gasteiger partial charge in [0.05, 0.1) is 11.7 Å². The molecule has 0 bridgehead atoms. The van der Waals surface area contributed by atoms with E-state index in [4.69, 9.17) is 4.84 Å². The highest BCUT2D eigenvalue weighted by Crippen LogP contribution is 2.25. The van der Waals surface area contributed by atoms with E-state index < -0.39 is 0 Å². The first-order valence-corrected chi connectivity index (χ1v) is 10.2. The Balaban J connectivity index is 1.54. The molecule has 0 amide bonds. The zero-order valence-corrected chi connectivity index (χ0v) is 16.1. The van der Waals surface area contributed by atoms with Gasteiger partial charge in [0.1, 0.15) is 5.75 Å². The van der Waals surface area contributed by atoms with Crippen LogP contribution >= 0.6 is 0 Å². The summed E-state index contributed by atoms with van der Waals surface area (Å²) in [5.41, 5.74) is 0.706. The molecule has 0 unspecified atom stereocenters. The maximum Gasteiger partial charge on any atom is 0.332 e. The molecular formula is C22H33NO3. The van der Waals surface area contributed by atoms with Gasteiger partial charge in [-0.25, -0.2) is 4.79 Å². The Morgan fingerprint density at radius 3 is 2.15 bits per heavy atom. The predicted octanol–water partition coefficient (Wildman–Crippen LogP) is 6.00. The second-order valence-electron chi connectivity index (χ2n) is 7.11. The maximum atomic E-state index is 12.0. The lowest BCUT2D eigenvalue weighted by Gasteiger charge is -2.06. The van der Waals surface area contributed by atoms with E-state index >= 15 is 0 Å². The normalized spacial score (nSPS) is 11.1. The van der Waals surface area contributed by atoms with Crippen LogP contribution in [0.4, 0.5) is 0 Å². The van der Waals surface area contributed by atoms with Crippen molar-refractivity contribution in [1.82, 2.24) is 4.73 Å². The largest absolute Gasteiger partial charge is 0.506 e. The molecule has 0 aliphatic rings. The molecule has 2 rings (SSSR count). The van der Waals surface area contributed by atoms with E-state index in [0.717, 1.165) is 12.8 Å². The lowest BCUT2D eigenvalue weighted by molar-refractivity contribution is -0.143. The van der Waals surface area contributed by atoms with Gasteiger partial charge < -0.3 is 9.94 Å². The van der Waals surface area contributed by atoms with Crippen LogP contribution in [0.3, 0.4) is 0 Å². The highest BCUT2D eigenvalue weighted by molar-refractivity contribution is 5.86. The van der Waals surface area contributed by atoms with Crippen molar-refractivity contribution in [3.63, 3.8) is 0 Å². The first-order chi connectivity index (χ1) is 12.7. The number of nitrogens with zero attached hydrogens (tertiary/aromatic N) is 1. The molecule has 0 atom stereocenters. The molecule has 4 nitrogen and oxygen atoms in total. The number of benzene rings is 1. The molecule has 26 heavy (non-hydrogen) atoms. The Morgan fingerprint density at radius 1 is 0.923 bits per heavy atom. The Morgan fingerprint density at radius 2 is 1.50 bits per heavy atom. The van der Waals surface area contributed by atoms with Gasteiger partial charge in [0, 0.05) is 11.8 Å². The van der Waals surface area contributed by atoms with Crippen molar-refractivity contribution in [2.45, 2.75) is 84.0 Å². The Bertz CT molecular complexity index is 662. The van der Waals surface area contributed by atoms with Gasteiger partial charge in [0.15, 0.2) is 0 Å². The molecule has 0 spiro atoms. The van der Waals surface area contributed by atoms with Gasteiger partial charge in [-0.15, -0.1) is 0 Å². The molecule has 2 aromatic rings. The molecule has 0 aliphatic heterocycles. The highest BCUT2D eigenvalue weighted by atomic mass is 16.7. The number of para-hydroxylation sites is 1. The van der Waals surface area contributed by atoms with Gasteiger partial charge in [-0.05, 0) is 18.6 Å². The second-order valence-corrected chi connectivity index (χ2v) is 7.11. The molecule has 144 valence electrons. The van der Waals surface area contributed by atoms with Crippen molar-refractivity contribution in [2.24, 2.45) is 0 Å². The number of aromatic nitrogens is 1. The van der Waals surface area contributed by atoms with E-state index in [1.54, 1.807) is 6.07 Å². The summed E-state index contributed by atoms with van der Waals surface area (Å²) < 4.78 is 1.37. The van der Waals surface area contributed by atoms with Gasteiger partial charge in [0.2, 0.25) is 0 Å². The summed E-state index contributed by atoms with van der Waals surface area (Å²) in [5, 5.41) is 10.6. The van der Waals surface area contributed by atoms with Crippen LogP contribution in [0.15, 0.2) is 30.5 Å². The number of fused-ring (bicyclic) bond motifs is 1. The fourth-order valence-electron chi connectivity index (χ4n) is 3.30. The van der Waals surface area contributed by atoms with Crippen molar-refractivity contribution in [3.05, 3.63) is 30.5 Å². The predicted molar refractivity (Wildman–Crippen MR) is 106 cm³/mol. The number of aromatic hydroxyl groups is 1. The molecule has 1 aromatic carbocycles. The molecule has 0 radical (unpaired) electrons. The standard InChI is InChI=1S/C22H33NO3/c1-2-3-4-5-6-7-8-9-10-11-12-17-22(25)26-23-18-21(24)19-15-13-14-16-20(19)23/h13-16,18,24H,2-12,17H2,1H3. The summed E-state index contributed by atoms with van der Waals surface area (Å²) in [6.07, 6.45) is 15.7. The topological polar surface area (TPSA) is 51.5 Å². The van der Waals surface area contributed by atoms with Crippen LogP contribution in [0.25, 0.3) is 10.9 Å². The molecule has 0 aliphatic carbocycles. The number of rotatable bonds is 13. The van der Waals surface area contributed by atoms with Gasteiger partial charge >= 0.3 is 5.97 Å². The maximum absolute atomic E-state index is 12.0. The zero-order valence-electron chi connectivity index (χ0n) is 16.1. The third-order valence-electron chi connectivity index (χ3n) is 4.84. The van der Waals surface area contributed by atoms with Gasteiger partial charge in [-0.3, -0.25) is 0 Å². The molecule has 4 heteroatoms. The second kappa shape index (κ2) is 11.6. The van der Waals surface area contributed by atoms with E-state index in [0.29, 0.717) is 17.3 Å². The molecular weight excluding hydrogens is 326 g/mol. The fourth-order valence-corrected chi connectivity index (χ4v) is 3.30. The number of carbonyl (C=O) groups excluding carboxylic acids is 1. The number of carbonyl (C=O) groups is 1. The van der Waals surface area contributed by atoms with Crippen LogP contribution in [0.2, 0.25) is 0 Å². The van der Waals surface area contributed by atoms with Crippen LogP contribution in [0, 0.1) is 0 Å².